The van der Waals surface area contributed by atoms with E-state index < -0.39 is 0 Å². The van der Waals surface area contributed by atoms with Crippen LogP contribution in [0.25, 0.3) is 21.8 Å². The molecule has 2 N–H and O–H groups in total. The van der Waals surface area contributed by atoms with Gasteiger partial charge in [-0.3, -0.25) is 0 Å². The maximum atomic E-state index is 4.85. The molecule has 2 fully saturated rings. The molecular weight excluding hydrogens is 386 g/mol. The van der Waals surface area contributed by atoms with E-state index in [9.17, 15) is 0 Å². The van der Waals surface area contributed by atoms with Gasteiger partial charge in [0.05, 0.1) is 17.4 Å². The summed E-state index contributed by atoms with van der Waals surface area (Å²) in [6.45, 7) is 8.89. The fourth-order valence-electron chi connectivity index (χ4n) is 4.91. The lowest BCUT2D eigenvalue weighted by Gasteiger charge is -2.39. The molecule has 1 aromatic carbocycles. The molecule has 0 atom stereocenters. The highest BCUT2D eigenvalue weighted by atomic mass is 15.2. The largest absolute Gasteiger partial charge is 0.370 e. The molecule has 2 aliphatic heterocycles. The van der Waals surface area contributed by atoms with E-state index in [1.807, 2.05) is 18.5 Å². The van der Waals surface area contributed by atoms with E-state index in [-0.39, 0.29) is 0 Å². The van der Waals surface area contributed by atoms with Crippen LogP contribution in [0.15, 0.2) is 48.9 Å². The number of hydrogen-bond acceptors (Lipinski definition) is 6. The van der Waals surface area contributed by atoms with Crippen LogP contribution in [0.4, 0.5) is 17.5 Å². The standard InChI is InChI=1S/C24H27N7/c1-16(2)31-9-7-17-3-4-18-11-27-23(29-21(18)22(17)31)28-20-6-5-19(12-26-20)30-10-8-24(15-30)13-25-14-24/h3-7,9,11-12,16,25H,8,10,13-15H2,1-2H3,(H,26,27,28,29). The van der Waals surface area contributed by atoms with Crippen molar-refractivity contribution in [3.8, 4) is 0 Å². The highest BCUT2D eigenvalue weighted by molar-refractivity contribution is 6.03. The molecule has 0 radical (unpaired) electrons. The molecule has 7 nitrogen and oxygen atoms in total. The highest BCUT2D eigenvalue weighted by Crippen LogP contribution is 2.36. The zero-order valence-electron chi connectivity index (χ0n) is 18.0. The molecule has 0 amide bonds. The zero-order valence-corrected chi connectivity index (χ0v) is 18.0. The normalized spacial score (nSPS) is 17.7. The molecule has 0 unspecified atom stereocenters. The van der Waals surface area contributed by atoms with Gasteiger partial charge in [-0.05, 0) is 38.5 Å². The Kier molecular flexibility index (Phi) is 4.14. The van der Waals surface area contributed by atoms with Gasteiger partial charge in [0, 0.05) is 60.8 Å². The average Bonchev–Trinajstić information content (AvgIpc) is 3.39. The number of benzene rings is 1. The van der Waals surface area contributed by atoms with Gasteiger partial charge in [-0.1, -0.05) is 12.1 Å². The van der Waals surface area contributed by atoms with Gasteiger partial charge in [-0.15, -0.1) is 0 Å². The molecule has 158 valence electrons. The smallest absolute Gasteiger partial charge is 0.228 e. The molecule has 1 spiro atoms. The summed E-state index contributed by atoms with van der Waals surface area (Å²) >= 11 is 0. The van der Waals surface area contributed by atoms with Crippen molar-refractivity contribution in [1.82, 2.24) is 24.8 Å². The van der Waals surface area contributed by atoms with Crippen LogP contribution < -0.4 is 15.5 Å². The zero-order chi connectivity index (χ0) is 21.0. The molecular formula is C24H27N7. The summed E-state index contributed by atoms with van der Waals surface area (Å²) in [5.74, 6) is 1.33. The van der Waals surface area contributed by atoms with E-state index in [0.717, 1.165) is 48.4 Å². The minimum Gasteiger partial charge on any atom is -0.370 e. The Morgan fingerprint density at radius 3 is 2.61 bits per heavy atom. The molecule has 0 aliphatic carbocycles. The van der Waals surface area contributed by atoms with Crippen molar-refractivity contribution in [2.24, 2.45) is 5.41 Å². The Hall–Kier alpha value is -3.19. The van der Waals surface area contributed by atoms with E-state index in [1.165, 1.54) is 17.5 Å². The van der Waals surface area contributed by atoms with Crippen LogP contribution in [0.1, 0.15) is 26.3 Å². The third-order valence-electron chi connectivity index (χ3n) is 6.78. The van der Waals surface area contributed by atoms with Gasteiger partial charge in [-0.2, -0.15) is 0 Å². The topological polar surface area (TPSA) is 70.9 Å². The Morgan fingerprint density at radius 2 is 1.90 bits per heavy atom. The first-order valence-electron chi connectivity index (χ1n) is 11.1. The van der Waals surface area contributed by atoms with Gasteiger partial charge < -0.3 is 20.1 Å². The van der Waals surface area contributed by atoms with E-state index >= 15 is 0 Å². The van der Waals surface area contributed by atoms with Crippen molar-refractivity contribution >= 4 is 39.3 Å². The second kappa shape index (κ2) is 6.92. The molecule has 5 heterocycles. The Labute approximate surface area is 181 Å². The second-order valence-electron chi connectivity index (χ2n) is 9.25. The van der Waals surface area contributed by atoms with Crippen molar-refractivity contribution in [1.29, 1.82) is 0 Å². The van der Waals surface area contributed by atoms with Gasteiger partial charge in [0.2, 0.25) is 5.95 Å². The van der Waals surface area contributed by atoms with Crippen LogP contribution in [0.5, 0.6) is 0 Å². The van der Waals surface area contributed by atoms with Gasteiger partial charge >= 0.3 is 0 Å². The Bertz CT molecular complexity index is 1250. The van der Waals surface area contributed by atoms with Crippen LogP contribution in [-0.2, 0) is 0 Å². The molecule has 4 aromatic rings. The average molecular weight is 414 g/mol. The first-order valence-corrected chi connectivity index (χ1v) is 11.1. The van der Waals surface area contributed by atoms with Crippen molar-refractivity contribution in [2.75, 3.05) is 36.4 Å². The summed E-state index contributed by atoms with van der Waals surface area (Å²) in [5.41, 5.74) is 3.77. The summed E-state index contributed by atoms with van der Waals surface area (Å²) in [6, 6.07) is 10.9. The minimum absolute atomic E-state index is 0.365. The van der Waals surface area contributed by atoms with Crippen LogP contribution in [-0.4, -0.2) is 45.7 Å². The molecule has 6 rings (SSSR count). The van der Waals surface area contributed by atoms with E-state index in [4.69, 9.17) is 4.98 Å². The highest BCUT2D eigenvalue weighted by Gasteiger charge is 2.42. The molecule has 3 aromatic heterocycles. The lowest BCUT2D eigenvalue weighted by Crippen LogP contribution is -2.54. The number of nitrogens with one attached hydrogen (secondary N) is 2. The molecule has 2 aliphatic rings. The SMILES string of the molecule is CC(C)n1ccc2ccc3cnc(Nc4ccc(N5CCC6(CNC6)C5)cn4)nc3c21. The summed E-state index contributed by atoms with van der Waals surface area (Å²) in [4.78, 5) is 16.4. The van der Waals surface area contributed by atoms with Crippen LogP contribution in [0.2, 0.25) is 0 Å². The third kappa shape index (κ3) is 3.11. The summed E-state index contributed by atoms with van der Waals surface area (Å²) in [5, 5.41) is 8.93. The van der Waals surface area contributed by atoms with E-state index in [0.29, 0.717) is 17.4 Å². The molecule has 2 saturated heterocycles. The lowest BCUT2D eigenvalue weighted by atomic mass is 9.81. The Morgan fingerprint density at radius 1 is 1.03 bits per heavy atom. The molecule has 7 heteroatoms. The van der Waals surface area contributed by atoms with Crippen LogP contribution in [0.3, 0.4) is 0 Å². The maximum absolute atomic E-state index is 4.85. The number of fused-ring (bicyclic) bond motifs is 3. The number of nitrogens with zero attached hydrogens (tertiary/aromatic N) is 5. The first kappa shape index (κ1) is 18.6. The van der Waals surface area contributed by atoms with Crippen molar-refractivity contribution < 1.29 is 0 Å². The number of anilines is 3. The van der Waals surface area contributed by atoms with Gasteiger partial charge in [0.1, 0.15) is 11.3 Å². The van der Waals surface area contributed by atoms with Crippen LogP contribution >= 0.6 is 0 Å². The fourth-order valence-corrected chi connectivity index (χ4v) is 4.91. The lowest BCUT2D eigenvalue weighted by molar-refractivity contribution is 0.200. The number of pyridine rings is 1. The van der Waals surface area contributed by atoms with Crippen LogP contribution in [0, 0.1) is 5.41 Å². The monoisotopic (exact) mass is 413 g/mol. The number of hydrogen-bond donors (Lipinski definition) is 2. The molecule has 0 bridgehead atoms. The number of rotatable bonds is 4. The van der Waals surface area contributed by atoms with Gasteiger partial charge in [0.25, 0.3) is 0 Å². The summed E-state index contributed by atoms with van der Waals surface area (Å²) in [6.07, 6.45) is 7.23. The molecule has 31 heavy (non-hydrogen) atoms. The van der Waals surface area contributed by atoms with Crippen molar-refractivity contribution in [3.63, 3.8) is 0 Å². The number of aromatic nitrogens is 4. The van der Waals surface area contributed by atoms with Crippen molar-refractivity contribution in [2.45, 2.75) is 26.3 Å². The Balaban J connectivity index is 1.27. The van der Waals surface area contributed by atoms with Gasteiger partial charge in [-0.25, -0.2) is 15.0 Å². The predicted molar refractivity (Wildman–Crippen MR) is 125 cm³/mol. The quantitative estimate of drug-likeness (QED) is 0.525. The predicted octanol–water partition coefficient (Wildman–Crippen LogP) is 4.10. The first-order chi connectivity index (χ1) is 15.1. The van der Waals surface area contributed by atoms with Crippen molar-refractivity contribution in [3.05, 3.63) is 48.9 Å². The van der Waals surface area contributed by atoms with E-state index in [1.54, 1.807) is 0 Å². The fraction of sp³-hybridized carbons (Fsp3) is 0.375. The maximum Gasteiger partial charge on any atom is 0.228 e. The van der Waals surface area contributed by atoms with E-state index in [2.05, 4.69) is 74.4 Å². The van der Waals surface area contributed by atoms with Gasteiger partial charge in [0.15, 0.2) is 0 Å². The second-order valence-corrected chi connectivity index (χ2v) is 9.25. The third-order valence-corrected chi connectivity index (χ3v) is 6.78. The summed E-state index contributed by atoms with van der Waals surface area (Å²) in [7, 11) is 0. The molecule has 0 saturated carbocycles. The minimum atomic E-state index is 0.365. The summed E-state index contributed by atoms with van der Waals surface area (Å²) < 4.78 is 2.27.